The first-order valence-corrected chi connectivity index (χ1v) is 11.4. The van der Waals surface area contributed by atoms with Gasteiger partial charge in [-0.1, -0.05) is 24.3 Å². The number of aromatic hydroxyl groups is 1. The van der Waals surface area contributed by atoms with Crippen LogP contribution in [0.15, 0.2) is 55.4 Å². The van der Waals surface area contributed by atoms with Gasteiger partial charge in [0.05, 0.1) is 11.1 Å². The molecule has 4 aliphatic rings. The largest absolute Gasteiger partial charge is 0.504 e. The van der Waals surface area contributed by atoms with Crippen LogP contribution >= 0.6 is 0 Å². The standard InChI is InChI=1S/C19H21NO3.C7H5NO4/c1-2-8-20-9-7-19-12-4-6-15(22)18(19)23-17-14(21)5-3-11(16(17)19)10-13(12)20;9-6(10)4-1-5(7(11)12)3-8-2-4/h2-6,12-13,15,18,21-22H,1,7-10H2;1-3H,(H,9,10)(H,11,12)/t12-,13+,15-,18-,19-;/m0./s1. The Bertz CT molecular complexity index is 1210. The number of ether oxygens (including phenoxy) is 1. The van der Waals surface area contributed by atoms with Crippen LogP contribution in [0.5, 0.6) is 11.5 Å². The van der Waals surface area contributed by atoms with E-state index >= 15 is 0 Å². The van der Waals surface area contributed by atoms with E-state index in [1.54, 1.807) is 6.07 Å². The number of rotatable bonds is 4. The highest BCUT2D eigenvalue weighted by atomic mass is 16.5. The molecule has 0 amide bonds. The molecule has 9 nitrogen and oxygen atoms in total. The zero-order chi connectivity index (χ0) is 24.9. The lowest BCUT2D eigenvalue weighted by Crippen LogP contribution is -2.65. The molecule has 0 saturated carbocycles. The number of benzene rings is 1. The molecule has 4 N–H and O–H groups in total. The summed E-state index contributed by atoms with van der Waals surface area (Å²) in [7, 11) is 0. The van der Waals surface area contributed by atoms with Gasteiger partial charge in [-0.15, -0.1) is 6.58 Å². The van der Waals surface area contributed by atoms with Crippen LogP contribution in [-0.2, 0) is 11.8 Å². The molecule has 1 fully saturated rings. The number of phenols is 1. The van der Waals surface area contributed by atoms with Crippen LogP contribution < -0.4 is 4.74 Å². The summed E-state index contributed by atoms with van der Waals surface area (Å²) in [4.78, 5) is 26.6. The van der Waals surface area contributed by atoms with Crippen molar-refractivity contribution < 1.29 is 34.8 Å². The lowest BCUT2D eigenvalue weighted by molar-refractivity contribution is -0.0488. The van der Waals surface area contributed by atoms with E-state index in [9.17, 15) is 19.8 Å². The smallest absolute Gasteiger partial charge is 0.337 e. The fourth-order valence-corrected chi connectivity index (χ4v) is 6.20. The number of hydrogen-bond acceptors (Lipinski definition) is 7. The minimum atomic E-state index is -1.19. The Morgan fingerprint density at radius 3 is 2.57 bits per heavy atom. The van der Waals surface area contributed by atoms with Gasteiger partial charge in [0.25, 0.3) is 0 Å². The summed E-state index contributed by atoms with van der Waals surface area (Å²) in [5, 5.41) is 37.7. The van der Waals surface area contributed by atoms with Gasteiger partial charge in [-0.25, -0.2) is 9.59 Å². The summed E-state index contributed by atoms with van der Waals surface area (Å²) < 4.78 is 6.13. The number of pyridine rings is 1. The third-order valence-corrected chi connectivity index (χ3v) is 7.58. The van der Waals surface area contributed by atoms with E-state index in [2.05, 4.69) is 22.5 Å². The van der Waals surface area contributed by atoms with Crippen LogP contribution in [0.2, 0.25) is 0 Å². The molecule has 2 aromatic rings. The van der Waals surface area contributed by atoms with Crippen molar-refractivity contribution in [2.24, 2.45) is 5.92 Å². The molecule has 5 atom stereocenters. The molecular weight excluding hydrogens is 452 g/mol. The first-order chi connectivity index (χ1) is 16.8. The van der Waals surface area contributed by atoms with Crippen LogP contribution in [0.4, 0.5) is 0 Å². The fraction of sp³-hybridized carbons (Fsp3) is 0.346. The molecule has 1 saturated heterocycles. The number of carboxylic acids is 2. The van der Waals surface area contributed by atoms with E-state index in [-0.39, 0.29) is 28.4 Å². The summed E-state index contributed by atoms with van der Waals surface area (Å²) in [6, 6.07) is 5.22. The Morgan fingerprint density at radius 2 is 1.91 bits per heavy atom. The molecule has 9 heteroatoms. The Balaban J connectivity index is 0.000000180. The monoisotopic (exact) mass is 478 g/mol. The molecule has 35 heavy (non-hydrogen) atoms. The highest BCUT2D eigenvalue weighted by molar-refractivity contribution is 5.92. The minimum absolute atomic E-state index is 0.130. The lowest BCUT2D eigenvalue weighted by Gasteiger charge is -2.57. The maximum absolute atomic E-state index is 10.5. The molecule has 182 valence electrons. The van der Waals surface area contributed by atoms with E-state index in [0.717, 1.165) is 50.0 Å². The average molecular weight is 479 g/mol. The van der Waals surface area contributed by atoms with Crippen molar-refractivity contribution in [2.45, 2.75) is 36.5 Å². The summed E-state index contributed by atoms with van der Waals surface area (Å²) in [5.41, 5.74) is 1.96. The second-order valence-electron chi connectivity index (χ2n) is 9.31. The van der Waals surface area contributed by atoms with Gasteiger partial charge in [0.2, 0.25) is 0 Å². The van der Waals surface area contributed by atoms with Gasteiger partial charge in [0, 0.05) is 41.9 Å². The van der Waals surface area contributed by atoms with Crippen molar-refractivity contribution in [2.75, 3.05) is 13.1 Å². The molecule has 2 aliphatic carbocycles. The highest BCUT2D eigenvalue weighted by Crippen LogP contribution is 2.62. The highest BCUT2D eigenvalue weighted by Gasteiger charge is 2.64. The van der Waals surface area contributed by atoms with Gasteiger partial charge in [-0.3, -0.25) is 9.88 Å². The summed E-state index contributed by atoms with van der Waals surface area (Å²) in [5.74, 6) is -1.25. The third-order valence-electron chi connectivity index (χ3n) is 7.58. The van der Waals surface area contributed by atoms with Gasteiger partial charge in [0.1, 0.15) is 12.2 Å². The number of aliphatic hydroxyl groups is 1. The van der Waals surface area contributed by atoms with Crippen LogP contribution in [0.3, 0.4) is 0 Å². The number of nitrogens with zero attached hydrogens (tertiary/aromatic N) is 2. The van der Waals surface area contributed by atoms with Gasteiger partial charge in [-0.2, -0.15) is 0 Å². The van der Waals surface area contributed by atoms with Crippen molar-refractivity contribution in [1.29, 1.82) is 0 Å². The summed E-state index contributed by atoms with van der Waals surface area (Å²) in [6.07, 6.45) is 9.22. The zero-order valence-corrected chi connectivity index (χ0v) is 18.9. The van der Waals surface area contributed by atoms with Crippen molar-refractivity contribution >= 4 is 11.9 Å². The third kappa shape index (κ3) is 3.50. The van der Waals surface area contributed by atoms with Crippen molar-refractivity contribution in [3.05, 3.63) is 77.7 Å². The second-order valence-corrected chi connectivity index (χ2v) is 9.31. The molecule has 3 heterocycles. The molecule has 2 bridgehead atoms. The van der Waals surface area contributed by atoms with Gasteiger partial charge >= 0.3 is 11.9 Å². The van der Waals surface area contributed by atoms with Gasteiger partial charge in [0.15, 0.2) is 11.5 Å². The van der Waals surface area contributed by atoms with Crippen molar-refractivity contribution in [3.63, 3.8) is 0 Å². The Labute approximate surface area is 201 Å². The Hall–Kier alpha value is -3.69. The Morgan fingerprint density at radius 1 is 1.20 bits per heavy atom. The quantitative estimate of drug-likeness (QED) is 0.487. The zero-order valence-electron chi connectivity index (χ0n) is 18.9. The van der Waals surface area contributed by atoms with Crippen LogP contribution in [0.1, 0.15) is 38.3 Å². The van der Waals surface area contributed by atoms with Crippen molar-refractivity contribution in [1.82, 2.24) is 9.88 Å². The first kappa shape index (κ1) is 23.1. The molecular formula is C26H26N2O7. The predicted octanol–water partition coefficient (Wildman–Crippen LogP) is 2.23. The first-order valence-electron chi connectivity index (χ1n) is 11.4. The van der Waals surface area contributed by atoms with Gasteiger partial charge in [-0.05, 0) is 37.1 Å². The number of aromatic carboxylic acids is 2. The predicted molar refractivity (Wildman–Crippen MR) is 125 cm³/mol. The normalized spacial score (nSPS) is 29.3. The maximum Gasteiger partial charge on any atom is 0.337 e. The van der Waals surface area contributed by atoms with E-state index in [1.165, 1.54) is 5.56 Å². The van der Waals surface area contributed by atoms with E-state index in [0.29, 0.717) is 17.7 Å². The topological polar surface area (TPSA) is 140 Å². The number of likely N-dealkylation sites (tertiary alicyclic amines) is 1. The number of piperidine rings is 1. The average Bonchev–Trinajstić information content (AvgIpc) is 3.20. The fourth-order valence-electron chi connectivity index (χ4n) is 6.20. The van der Waals surface area contributed by atoms with Crippen molar-refractivity contribution in [3.8, 4) is 11.5 Å². The number of carboxylic acid groups (broad SMARTS) is 2. The number of aromatic nitrogens is 1. The SMILES string of the molecule is C=CCN1CC[C@]23c4c5ccc(O)c4O[C@H]2[C@@H](O)C=C[C@H]3[C@H]1C5.O=C(O)c1cncc(C(=O)O)c1. The van der Waals surface area contributed by atoms with Crippen LogP contribution in [-0.4, -0.2) is 73.6 Å². The van der Waals surface area contributed by atoms with Gasteiger partial charge < -0.3 is 25.2 Å². The molecule has 0 unspecified atom stereocenters. The maximum atomic E-state index is 10.5. The number of phenolic OH excluding ortho intramolecular Hbond substituents is 1. The Kier molecular flexibility index (Phi) is 5.61. The molecule has 0 radical (unpaired) electrons. The molecule has 1 aromatic heterocycles. The van der Waals surface area contributed by atoms with E-state index in [4.69, 9.17) is 14.9 Å². The molecule has 6 rings (SSSR count). The number of aliphatic hydroxyl groups excluding tert-OH is 1. The minimum Gasteiger partial charge on any atom is -0.504 e. The summed E-state index contributed by atoms with van der Waals surface area (Å²) >= 11 is 0. The number of carbonyl (C=O) groups is 2. The van der Waals surface area contributed by atoms with E-state index in [1.807, 2.05) is 18.2 Å². The lowest BCUT2D eigenvalue weighted by atomic mass is 9.53. The van der Waals surface area contributed by atoms with Crippen LogP contribution in [0, 0.1) is 5.92 Å². The molecule has 2 aliphatic heterocycles. The van der Waals surface area contributed by atoms with E-state index < -0.39 is 18.0 Å². The molecule has 1 aromatic carbocycles. The summed E-state index contributed by atoms with van der Waals surface area (Å²) in [6.45, 7) is 5.76. The van der Waals surface area contributed by atoms with Crippen LogP contribution in [0.25, 0.3) is 0 Å². The molecule has 1 spiro atoms. The second kappa shape index (κ2) is 8.51. The number of hydrogen-bond donors (Lipinski definition) is 4.